The number of aryl methyl sites for hydroxylation is 1. The minimum Gasteiger partial charge on any atom is -0.475 e. The third-order valence-corrected chi connectivity index (χ3v) is 4.28. The number of nitrogens with one attached hydrogen (secondary N) is 1. The molecule has 1 amide bonds. The molecule has 26 heavy (non-hydrogen) atoms. The third-order valence-electron chi connectivity index (χ3n) is 4.28. The average Bonchev–Trinajstić information content (AvgIpc) is 2.81. The number of carbonyl (C=O) groups excluding carboxylic acids is 2. The van der Waals surface area contributed by atoms with Crippen molar-refractivity contribution in [3.8, 4) is 0 Å². The van der Waals surface area contributed by atoms with Gasteiger partial charge in [-0.15, -0.1) is 0 Å². The summed E-state index contributed by atoms with van der Waals surface area (Å²) in [7, 11) is 1.57. The first-order valence-corrected chi connectivity index (χ1v) is 8.10. The van der Waals surface area contributed by atoms with Gasteiger partial charge in [-0.05, 0) is 49.1 Å². The number of anilines is 1. The number of aromatic nitrogens is 1. The number of carboxylic acid groups (broad SMARTS) is 1. The quantitative estimate of drug-likeness (QED) is 0.632. The summed E-state index contributed by atoms with van der Waals surface area (Å²) >= 11 is 0. The summed E-state index contributed by atoms with van der Waals surface area (Å²) in [5.74, 6) is -3.62. The van der Waals surface area contributed by atoms with E-state index < -0.39 is 17.7 Å². The Morgan fingerprint density at radius 2 is 1.81 bits per heavy atom. The summed E-state index contributed by atoms with van der Waals surface area (Å²) in [6.07, 6.45) is 0. The first-order valence-electron chi connectivity index (χ1n) is 8.10. The molecular weight excluding hydrogens is 339 g/mol. The van der Waals surface area contributed by atoms with Crippen LogP contribution in [0.2, 0.25) is 0 Å². The van der Waals surface area contributed by atoms with Gasteiger partial charge in [-0.1, -0.05) is 13.8 Å². The number of aliphatic carboxylic acids is 1. The molecule has 0 aliphatic carbocycles. The van der Waals surface area contributed by atoms with Crippen molar-refractivity contribution in [2.45, 2.75) is 33.6 Å². The van der Waals surface area contributed by atoms with E-state index in [1.165, 1.54) is 22.8 Å². The molecule has 0 atom stereocenters. The van der Waals surface area contributed by atoms with E-state index in [1.807, 2.05) is 13.8 Å². The number of Topliss-reactive ketones (excluding diaryl/α,β-unsaturated/α-hetero) is 1. The summed E-state index contributed by atoms with van der Waals surface area (Å²) < 4.78 is 14.9. The third kappa shape index (κ3) is 3.37. The van der Waals surface area contributed by atoms with Crippen LogP contribution in [0.3, 0.4) is 0 Å². The van der Waals surface area contributed by atoms with Crippen LogP contribution in [-0.2, 0) is 11.8 Å². The molecular formula is C19H21FN2O4. The van der Waals surface area contributed by atoms with Crippen LogP contribution in [0.5, 0.6) is 0 Å². The molecule has 0 aliphatic heterocycles. The average molecular weight is 360 g/mol. The molecule has 1 heterocycles. The van der Waals surface area contributed by atoms with Gasteiger partial charge in [-0.25, -0.2) is 9.18 Å². The van der Waals surface area contributed by atoms with Crippen LogP contribution in [0.1, 0.15) is 57.4 Å². The summed E-state index contributed by atoms with van der Waals surface area (Å²) in [4.78, 5) is 36.0. The van der Waals surface area contributed by atoms with Gasteiger partial charge < -0.3 is 15.0 Å². The Balaban J connectivity index is 2.55. The van der Waals surface area contributed by atoms with E-state index in [2.05, 4.69) is 5.32 Å². The molecule has 2 N–H and O–H groups in total. The molecule has 0 radical (unpaired) electrons. The maximum atomic E-state index is 13.4. The molecule has 138 valence electrons. The number of rotatable bonds is 5. The largest absolute Gasteiger partial charge is 0.475 e. The van der Waals surface area contributed by atoms with E-state index >= 15 is 0 Å². The number of carbonyl (C=O) groups is 3. The van der Waals surface area contributed by atoms with Gasteiger partial charge in [0.2, 0.25) is 0 Å². The van der Waals surface area contributed by atoms with Crippen molar-refractivity contribution >= 4 is 23.3 Å². The second-order valence-corrected chi connectivity index (χ2v) is 6.50. The lowest BCUT2D eigenvalue weighted by Gasteiger charge is -2.12. The normalized spacial score (nSPS) is 10.9. The molecule has 2 rings (SSSR count). The number of carboxylic acids is 1. The maximum absolute atomic E-state index is 13.4. The zero-order chi connectivity index (χ0) is 19.8. The van der Waals surface area contributed by atoms with Crippen LogP contribution in [0.25, 0.3) is 0 Å². The van der Waals surface area contributed by atoms with Crippen molar-refractivity contribution in [3.05, 3.63) is 52.1 Å². The highest BCUT2D eigenvalue weighted by atomic mass is 19.1. The van der Waals surface area contributed by atoms with E-state index in [9.17, 15) is 18.8 Å². The first kappa shape index (κ1) is 19.4. The van der Waals surface area contributed by atoms with E-state index in [-0.39, 0.29) is 23.0 Å². The number of halogens is 1. The number of hydrogen-bond donors (Lipinski definition) is 2. The van der Waals surface area contributed by atoms with E-state index in [0.29, 0.717) is 22.5 Å². The SMILES string of the molecule is Cc1cc(NC(=O)c2c(C)c(C(=O)C(=O)O)n(C)c2C(C)C)ccc1F. The van der Waals surface area contributed by atoms with Crippen LogP contribution in [0.15, 0.2) is 18.2 Å². The summed E-state index contributed by atoms with van der Waals surface area (Å²) in [6.45, 7) is 6.83. The number of hydrogen-bond acceptors (Lipinski definition) is 3. The standard InChI is InChI=1S/C19H21FN2O4/c1-9(2)15-14(11(4)16(22(15)5)17(23)19(25)26)18(24)21-12-6-7-13(20)10(3)8-12/h6-9H,1-5H3,(H,21,24)(H,25,26). The zero-order valence-electron chi connectivity index (χ0n) is 15.3. The van der Waals surface area contributed by atoms with Gasteiger partial charge in [0.25, 0.3) is 11.7 Å². The lowest BCUT2D eigenvalue weighted by molar-refractivity contribution is -0.131. The summed E-state index contributed by atoms with van der Waals surface area (Å²) in [6, 6.07) is 4.20. The predicted molar refractivity (Wildman–Crippen MR) is 95.3 cm³/mol. The number of ketones is 1. The van der Waals surface area contributed by atoms with Crippen LogP contribution in [0.4, 0.5) is 10.1 Å². The highest BCUT2D eigenvalue weighted by Crippen LogP contribution is 2.29. The highest BCUT2D eigenvalue weighted by molar-refractivity contribution is 6.40. The van der Waals surface area contributed by atoms with E-state index in [1.54, 1.807) is 20.9 Å². The Morgan fingerprint density at radius 1 is 1.19 bits per heavy atom. The second-order valence-electron chi connectivity index (χ2n) is 6.50. The topological polar surface area (TPSA) is 88.4 Å². The minimum atomic E-state index is -1.58. The van der Waals surface area contributed by atoms with Crippen LogP contribution < -0.4 is 5.32 Å². The number of nitrogens with zero attached hydrogens (tertiary/aromatic N) is 1. The molecule has 0 saturated carbocycles. The predicted octanol–water partition coefficient (Wildman–Crippen LogP) is 3.42. The molecule has 0 spiro atoms. The fourth-order valence-corrected chi connectivity index (χ4v) is 3.15. The summed E-state index contributed by atoms with van der Waals surface area (Å²) in [5, 5.41) is 11.7. The van der Waals surface area contributed by atoms with Gasteiger partial charge in [-0.3, -0.25) is 9.59 Å². The molecule has 7 heteroatoms. The van der Waals surface area contributed by atoms with E-state index in [4.69, 9.17) is 5.11 Å². The lowest BCUT2D eigenvalue weighted by Crippen LogP contribution is -2.18. The second kappa shape index (κ2) is 7.11. The van der Waals surface area contributed by atoms with Crippen molar-refractivity contribution in [1.82, 2.24) is 4.57 Å². The molecule has 1 aromatic carbocycles. The highest BCUT2D eigenvalue weighted by Gasteiger charge is 2.30. The monoisotopic (exact) mass is 360 g/mol. The zero-order valence-corrected chi connectivity index (χ0v) is 15.3. The van der Waals surface area contributed by atoms with E-state index in [0.717, 1.165) is 0 Å². The molecule has 0 fully saturated rings. The fourth-order valence-electron chi connectivity index (χ4n) is 3.15. The van der Waals surface area contributed by atoms with Gasteiger partial charge in [0.05, 0.1) is 5.56 Å². The lowest BCUT2D eigenvalue weighted by atomic mass is 10.0. The van der Waals surface area contributed by atoms with Gasteiger partial charge in [0, 0.05) is 18.4 Å². The molecule has 0 bridgehead atoms. The van der Waals surface area contributed by atoms with Crippen molar-refractivity contribution in [3.63, 3.8) is 0 Å². The molecule has 2 aromatic rings. The van der Waals surface area contributed by atoms with Crippen LogP contribution in [0, 0.1) is 19.7 Å². The number of benzene rings is 1. The fraction of sp³-hybridized carbons (Fsp3) is 0.316. The Labute approximate surface area is 150 Å². The van der Waals surface area contributed by atoms with Crippen molar-refractivity contribution < 1.29 is 23.9 Å². The maximum Gasteiger partial charge on any atom is 0.378 e. The van der Waals surface area contributed by atoms with Crippen molar-refractivity contribution in [1.29, 1.82) is 0 Å². The van der Waals surface area contributed by atoms with Gasteiger partial charge in [0.15, 0.2) is 0 Å². The van der Waals surface area contributed by atoms with Crippen LogP contribution >= 0.6 is 0 Å². The Kier molecular flexibility index (Phi) is 5.30. The van der Waals surface area contributed by atoms with Gasteiger partial charge in [0.1, 0.15) is 11.5 Å². The smallest absolute Gasteiger partial charge is 0.378 e. The number of amides is 1. The molecule has 6 nitrogen and oxygen atoms in total. The van der Waals surface area contributed by atoms with Gasteiger partial charge in [-0.2, -0.15) is 0 Å². The minimum absolute atomic E-state index is 0.0263. The molecule has 0 aliphatic rings. The van der Waals surface area contributed by atoms with Crippen molar-refractivity contribution in [2.75, 3.05) is 5.32 Å². The Hall–Kier alpha value is -2.96. The van der Waals surface area contributed by atoms with Crippen molar-refractivity contribution in [2.24, 2.45) is 7.05 Å². The molecule has 1 aromatic heterocycles. The Bertz CT molecular complexity index is 913. The van der Waals surface area contributed by atoms with Crippen LogP contribution in [-0.4, -0.2) is 27.3 Å². The Morgan fingerprint density at radius 3 is 2.31 bits per heavy atom. The van der Waals surface area contributed by atoms with Gasteiger partial charge >= 0.3 is 5.97 Å². The first-order chi connectivity index (χ1) is 12.1. The molecule has 0 saturated heterocycles. The summed E-state index contributed by atoms with van der Waals surface area (Å²) in [5.41, 5.74) is 1.90. The molecule has 0 unspecified atom stereocenters.